The normalized spacial score (nSPS) is 20.5. The van der Waals surface area contributed by atoms with E-state index in [0.717, 1.165) is 24.9 Å². The average Bonchev–Trinajstić information content (AvgIpc) is 2.75. The van der Waals surface area contributed by atoms with Gasteiger partial charge in [0.15, 0.2) is 11.5 Å². The van der Waals surface area contributed by atoms with Crippen molar-refractivity contribution in [3.05, 3.63) is 22.7 Å². The molecule has 1 unspecified atom stereocenters. The van der Waals surface area contributed by atoms with E-state index in [-0.39, 0.29) is 11.8 Å². The fourth-order valence-corrected chi connectivity index (χ4v) is 2.15. The predicted octanol–water partition coefficient (Wildman–Crippen LogP) is 2.48. The van der Waals surface area contributed by atoms with E-state index in [4.69, 9.17) is 16.3 Å². The molecule has 3 nitrogen and oxygen atoms in total. The minimum absolute atomic E-state index is 0.0327. The van der Waals surface area contributed by atoms with Gasteiger partial charge in [-0.2, -0.15) is 0 Å². The van der Waals surface area contributed by atoms with Gasteiger partial charge in [0.1, 0.15) is 0 Å². The van der Waals surface area contributed by atoms with Crippen LogP contribution in [0.4, 0.5) is 0 Å². The zero-order valence-electron chi connectivity index (χ0n) is 8.59. The molecule has 15 heavy (non-hydrogen) atoms. The van der Waals surface area contributed by atoms with Crippen LogP contribution in [-0.2, 0) is 0 Å². The maximum absolute atomic E-state index is 9.75. The molecule has 4 heteroatoms. The second-order valence-corrected chi connectivity index (χ2v) is 4.07. The molecule has 1 atom stereocenters. The number of nitrogens with one attached hydrogen (secondary N) is 1. The van der Waals surface area contributed by atoms with Crippen LogP contribution >= 0.6 is 11.6 Å². The summed E-state index contributed by atoms with van der Waals surface area (Å²) in [4.78, 5) is 0. The van der Waals surface area contributed by atoms with Crippen LogP contribution in [0.15, 0.2) is 12.1 Å². The van der Waals surface area contributed by atoms with E-state index in [9.17, 15) is 5.11 Å². The Hall–Kier alpha value is -0.930. The first-order chi connectivity index (χ1) is 7.24. The van der Waals surface area contributed by atoms with Gasteiger partial charge in [-0.15, -0.1) is 0 Å². The Morgan fingerprint density at radius 1 is 1.53 bits per heavy atom. The van der Waals surface area contributed by atoms with Crippen LogP contribution in [0.1, 0.15) is 24.4 Å². The molecule has 0 radical (unpaired) electrons. The number of phenolic OH excluding ortho intramolecular Hbond substituents is 1. The van der Waals surface area contributed by atoms with Gasteiger partial charge in [0.05, 0.1) is 12.1 Å². The Labute approximate surface area is 94.0 Å². The van der Waals surface area contributed by atoms with Crippen LogP contribution in [0.5, 0.6) is 11.5 Å². The Morgan fingerprint density at radius 3 is 2.93 bits per heavy atom. The van der Waals surface area contributed by atoms with Gasteiger partial charge in [0, 0.05) is 11.6 Å². The molecule has 1 aliphatic heterocycles. The molecule has 0 saturated carbocycles. The Kier molecular flexibility index (Phi) is 3.03. The lowest BCUT2D eigenvalue weighted by Crippen LogP contribution is -2.13. The maximum Gasteiger partial charge on any atom is 0.177 e. The number of benzene rings is 1. The molecule has 2 N–H and O–H groups in total. The van der Waals surface area contributed by atoms with Crippen LogP contribution in [0, 0.1) is 0 Å². The molecule has 0 spiro atoms. The Balaban J connectivity index is 2.41. The number of hydrogen-bond donors (Lipinski definition) is 2. The highest BCUT2D eigenvalue weighted by Crippen LogP contribution is 2.41. The first-order valence-electron chi connectivity index (χ1n) is 5.02. The third-order valence-electron chi connectivity index (χ3n) is 2.75. The second kappa shape index (κ2) is 4.29. The van der Waals surface area contributed by atoms with Gasteiger partial charge in [-0.1, -0.05) is 17.7 Å². The molecular formula is C11H14ClNO2. The predicted molar refractivity (Wildman–Crippen MR) is 59.6 cm³/mol. The van der Waals surface area contributed by atoms with Gasteiger partial charge in [-0.05, 0) is 25.5 Å². The number of hydrogen-bond acceptors (Lipinski definition) is 3. The molecule has 0 bridgehead atoms. The Morgan fingerprint density at radius 2 is 2.33 bits per heavy atom. The third kappa shape index (κ3) is 1.90. The first-order valence-corrected chi connectivity index (χ1v) is 5.40. The summed E-state index contributed by atoms with van der Waals surface area (Å²) in [5.74, 6) is 0.521. The van der Waals surface area contributed by atoms with Crippen molar-refractivity contribution in [2.24, 2.45) is 0 Å². The molecule has 1 saturated heterocycles. The molecule has 0 aliphatic carbocycles. The number of methoxy groups -OCH3 is 1. The van der Waals surface area contributed by atoms with Crippen molar-refractivity contribution in [1.29, 1.82) is 0 Å². The highest BCUT2D eigenvalue weighted by atomic mass is 35.5. The summed E-state index contributed by atoms with van der Waals surface area (Å²) >= 11 is 5.82. The largest absolute Gasteiger partial charge is 0.503 e. The highest BCUT2D eigenvalue weighted by Gasteiger charge is 2.22. The van der Waals surface area contributed by atoms with E-state index in [1.165, 1.54) is 0 Å². The van der Waals surface area contributed by atoms with Crippen LogP contribution in [-0.4, -0.2) is 18.8 Å². The van der Waals surface area contributed by atoms with E-state index in [2.05, 4.69) is 5.32 Å². The zero-order chi connectivity index (χ0) is 10.8. The summed E-state index contributed by atoms with van der Waals surface area (Å²) in [5, 5.41) is 13.4. The molecule has 0 amide bonds. The fraction of sp³-hybridized carbons (Fsp3) is 0.455. The SMILES string of the molecule is COc1c(C2CCCN2)ccc(Cl)c1O. The van der Waals surface area contributed by atoms with Crippen molar-refractivity contribution in [3.63, 3.8) is 0 Å². The summed E-state index contributed by atoms with van der Waals surface area (Å²) in [6.07, 6.45) is 2.22. The third-order valence-corrected chi connectivity index (χ3v) is 3.06. The highest BCUT2D eigenvalue weighted by molar-refractivity contribution is 6.32. The summed E-state index contributed by atoms with van der Waals surface area (Å²) in [6, 6.07) is 3.88. The van der Waals surface area contributed by atoms with Crippen LogP contribution in [0.2, 0.25) is 5.02 Å². The van der Waals surface area contributed by atoms with Crippen molar-refractivity contribution < 1.29 is 9.84 Å². The molecule has 2 rings (SSSR count). The smallest absolute Gasteiger partial charge is 0.177 e. The Bertz CT molecular complexity index is 362. The fourth-order valence-electron chi connectivity index (χ4n) is 2.00. The molecule has 82 valence electrons. The summed E-state index contributed by atoms with van der Waals surface area (Å²) in [7, 11) is 1.55. The monoisotopic (exact) mass is 227 g/mol. The van der Waals surface area contributed by atoms with Crippen LogP contribution in [0.25, 0.3) is 0 Å². The second-order valence-electron chi connectivity index (χ2n) is 3.67. The lowest BCUT2D eigenvalue weighted by molar-refractivity contribution is 0.365. The van der Waals surface area contributed by atoms with Gasteiger partial charge in [0.25, 0.3) is 0 Å². The molecule has 1 aliphatic rings. The molecule has 0 aromatic heterocycles. The van der Waals surface area contributed by atoms with Gasteiger partial charge in [-0.25, -0.2) is 0 Å². The number of rotatable bonds is 2. The first kappa shape index (κ1) is 10.6. The van der Waals surface area contributed by atoms with E-state index < -0.39 is 0 Å². The van der Waals surface area contributed by atoms with E-state index >= 15 is 0 Å². The van der Waals surface area contributed by atoms with Crippen molar-refractivity contribution in [3.8, 4) is 11.5 Å². The average molecular weight is 228 g/mol. The quantitative estimate of drug-likeness (QED) is 0.816. The van der Waals surface area contributed by atoms with Crippen molar-refractivity contribution in [2.75, 3.05) is 13.7 Å². The minimum atomic E-state index is 0.0327. The van der Waals surface area contributed by atoms with Crippen molar-refractivity contribution in [2.45, 2.75) is 18.9 Å². The topological polar surface area (TPSA) is 41.5 Å². The summed E-state index contributed by atoms with van der Waals surface area (Å²) in [6.45, 7) is 1.01. The van der Waals surface area contributed by atoms with Gasteiger partial charge < -0.3 is 15.2 Å². The van der Waals surface area contributed by atoms with E-state index in [1.54, 1.807) is 13.2 Å². The van der Waals surface area contributed by atoms with E-state index in [0.29, 0.717) is 10.8 Å². The van der Waals surface area contributed by atoms with Crippen LogP contribution < -0.4 is 10.1 Å². The summed E-state index contributed by atoms with van der Waals surface area (Å²) < 4.78 is 5.19. The molecular weight excluding hydrogens is 214 g/mol. The number of ether oxygens (including phenoxy) is 1. The lowest BCUT2D eigenvalue weighted by Gasteiger charge is -2.16. The zero-order valence-corrected chi connectivity index (χ0v) is 9.34. The van der Waals surface area contributed by atoms with E-state index in [1.807, 2.05) is 6.07 Å². The molecule has 1 fully saturated rings. The number of aromatic hydroxyl groups is 1. The lowest BCUT2D eigenvalue weighted by atomic mass is 10.0. The van der Waals surface area contributed by atoms with Gasteiger partial charge in [0.2, 0.25) is 0 Å². The van der Waals surface area contributed by atoms with Gasteiger partial charge >= 0.3 is 0 Å². The van der Waals surface area contributed by atoms with Crippen LogP contribution in [0.3, 0.4) is 0 Å². The summed E-state index contributed by atoms with van der Waals surface area (Å²) in [5.41, 5.74) is 0.983. The van der Waals surface area contributed by atoms with Crippen molar-refractivity contribution in [1.82, 2.24) is 5.32 Å². The molecule has 1 heterocycles. The number of phenols is 1. The van der Waals surface area contributed by atoms with Gasteiger partial charge in [-0.3, -0.25) is 0 Å². The maximum atomic E-state index is 9.75. The molecule has 1 aromatic carbocycles. The number of halogens is 1. The molecule has 1 aromatic rings. The van der Waals surface area contributed by atoms with Crippen molar-refractivity contribution >= 4 is 11.6 Å². The minimum Gasteiger partial charge on any atom is -0.503 e. The standard InChI is InChI=1S/C11H14ClNO2/c1-15-11-7(9-3-2-6-13-9)4-5-8(12)10(11)14/h4-5,9,13-14H,2-3,6H2,1H3.